The Hall–Kier alpha value is -2.97. The number of thiophene rings is 2. The van der Waals surface area contributed by atoms with Crippen LogP contribution in [0.5, 0.6) is 5.75 Å². The topological polar surface area (TPSA) is 92.3 Å². The van der Waals surface area contributed by atoms with Crippen LogP contribution in [0.3, 0.4) is 0 Å². The van der Waals surface area contributed by atoms with E-state index < -0.39 is 5.97 Å². The van der Waals surface area contributed by atoms with Crippen LogP contribution in [0.2, 0.25) is 0 Å². The lowest BCUT2D eigenvalue weighted by atomic mass is 10.1. The molecular formula is C20H16N2O4S2. The van der Waals surface area contributed by atoms with Crippen LogP contribution in [0.4, 0.5) is 0 Å². The molecular weight excluding hydrogens is 396 g/mol. The number of carbonyl (C=O) groups is 1. The Balaban J connectivity index is 1.58. The van der Waals surface area contributed by atoms with E-state index in [2.05, 4.69) is 9.97 Å². The normalized spacial score (nSPS) is 11.1. The van der Waals surface area contributed by atoms with Gasteiger partial charge in [0.05, 0.1) is 5.39 Å². The van der Waals surface area contributed by atoms with Crippen molar-refractivity contribution >= 4 is 38.9 Å². The maximum absolute atomic E-state index is 12.6. The molecule has 0 aliphatic carbocycles. The summed E-state index contributed by atoms with van der Waals surface area (Å²) in [6.07, 6.45) is 0. The van der Waals surface area contributed by atoms with Gasteiger partial charge in [-0.1, -0.05) is 6.07 Å². The van der Waals surface area contributed by atoms with Crippen LogP contribution in [0.1, 0.15) is 26.6 Å². The van der Waals surface area contributed by atoms with Crippen molar-refractivity contribution in [2.45, 2.75) is 20.5 Å². The average molecular weight is 412 g/mol. The molecule has 0 spiro atoms. The average Bonchev–Trinajstić information content (AvgIpc) is 3.26. The lowest BCUT2D eigenvalue weighted by Crippen LogP contribution is -2.14. The summed E-state index contributed by atoms with van der Waals surface area (Å²) in [5, 5.41) is 12.3. The van der Waals surface area contributed by atoms with Gasteiger partial charge in [-0.15, -0.1) is 22.7 Å². The number of aromatic hydroxyl groups is 1. The number of aromatic nitrogens is 2. The largest absolute Gasteiger partial charge is 0.507 e. The molecule has 4 rings (SSSR count). The predicted molar refractivity (Wildman–Crippen MR) is 110 cm³/mol. The van der Waals surface area contributed by atoms with E-state index in [1.165, 1.54) is 28.3 Å². The maximum atomic E-state index is 12.6. The van der Waals surface area contributed by atoms with Gasteiger partial charge in [0.15, 0.2) is 0 Å². The first-order valence-electron chi connectivity index (χ1n) is 8.46. The number of benzene rings is 1. The van der Waals surface area contributed by atoms with E-state index in [0.717, 1.165) is 16.0 Å². The molecule has 6 nitrogen and oxygen atoms in total. The van der Waals surface area contributed by atoms with Crippen molar-refractivity contribution in [3.05, 3.63) is 67.9 Å². The van der Waals surface area contributed by atoms with E-state index in [0.29, 0.717) is 10.2 Å². The number of ether oxygens (including phenoxy) is 1. The summed E-state index contributed by atoms with van der Waals surface area (Å²) in [6.45, 7) is 3.64. The Morgan fingerprint density at radius 2 is 2.07 bits per heavy atom. The number of phenolic OH excluding ortho intramolecular Hbond substituents is 1. The Kier molecular flexibility index (Phi) is 4.74. The zero-order valence-electron chi connectivity index (χ0n) is 15.1. The van der Waals surface area contributed by atoms with E-state index in [1.807, 2.05) is 31.4 Å². The molecule has 0 radical (unpaired) electrons. The van der Waals surface area contributed by atoms with Crippen LogP contribution >= 0.6 is 22.7 Å². The number of rotatable bonds is 4. The van der Waals surface area contributed by atoms with Gasteiger partial charge in [-0.3, -0.25) is 4.79 Å². The second-order valence-electron chi connectivity index (χ2n) is 6.35. The maximum Gasteiger partial charge on any atom is 0.342 e. The van der Waals surface area contributed by atoms with Crippen LogP contribution in [0, 0.1) is 13.8 Å². The number of fused-ring (bicyclic) bond motifs is 1. The molecule has 0 unspecified atom stereocenters. The van der Waals surface area contributed by atoms with E-state index in [4.69, 9.17) is 4.74 Å². The third-order valence-electron chi connectivity index (χ3n) is 4.21. The number of hydrogen-bond donors (Lipinski definition) is 2. The molecule has 28 heavy (non-hydrogen) atoms. The smallest absolute Gasteiger partial charge is 0.342 e. The summed E-state index contributed by atoms with van der Waals surface area (Å²) in [5.74, 6) is -0.564. The Labute approximate surface area is 168 Å². The SMILES string of the molecule is Cc1ccc(C(=O)OCc2nc3scc(-c4ccc(C)s4)c3c(=O)[nH]2)c(O)c1. The van der Waals surface area contributed by atoms with Gasteiger partial charge >= 0.3 is 5.97 Å². The minimum Gasteiger partial charge on any atom is -0.507 e. The fourth-order valence-electron chi connectivity index (χ4n) is 2.85. The van der Waals surface area contributed by atoms with Gasteiger partial charge in [0.1, 0.15) is 28.6 Å². The Morgan fingerprint density at radius 1 is 1.25 bits per heavy atom. The summed E-state index contributed by atoms with van der Waals surface area (Å²) >= 11 is 3.00. The molecule has 3 aromatic heterocycles. The fourth-order valence-corrected chi connectivity index (χ4v) is 4.77. The lowest BCUT2D eigenvalue weighted by molar-refractivity contribution is 0.0459. The Morgan fingerprint density at radius 3 is 2.79 bits per heavy atom. The number of hydrogen-bond acceptors (Lipinski definition) is 7. The van der Waals surface area contributed by atoms with E-state index in [-0.39, 0.29) is 29.3 Å². The molecule has 0 aliphatic rings. The summed E-state index contributed by atoms with van der Waals surface area (Å²) in [6, 6.07) is 8.70. The summed E-state index contributed by atoms with van der Waals surface area (Å²) in [5.41, 5.74) is 1.50. The van der Waals surface area contributed by atoms with Gasteiger partial charge in [-0.05, 0) is 43.7 Å². The van der Waals surface area contributed by atoms with Crippen molar-refractivity contribution < 1.29 is 14.6 Å². The molecule has 0 amide bonds. The lowest BCUT2D eigenvalue weighted by Gasteiger charge is -2.07. The van der Waals surface area contributed by atoms with Gasteiger partial charge in [0.25, 0.3) is 5.56 Å². The zero-order chi connectivity index (χ0) is 19.8. The molecule has 4 aromatic rings. The highest BCUT2D eigenvalue weighted by Crippen LogP contribution is 2.35. The highest BCUT2D eigenvalue weighted by molar-refractivity contribution is 7.19. The monoisotopic (exact) mass is 412 g/mol. The van der Waals surface area contributed by atoms with E-state index >= 15 is 0 Å². The second kappa shape index (κ2) is 7.21. The first kappa shape index (κ1) is 18.4. The van der Waals surface area contributed by atoms with Gasteiger partial charge in [0, 0.05) is 20.7 Å². The standard InChI is InChI=1S/C20H16N2O4S2/c1-10-3-5-12(14(23)7-10)20(25)26-8-16-21-18(24)17-13(9-27-19(17)22-16)15-6-4-11(2)28-15/h3-7,9,23H,8H2,1-2H3,(H,21,22,24). The number of nitrogens with zero attached hydrogens (tertiary/aromatic N) is 1. The number of nitrogens with one attached hydrogen (secondary N) is 1. The number of aromatic amines is 1. The third-order valence-corrected chi connectivity index (χ3v) is 6.12. The van der Waals surface area contributed by atoms with Crippen molar-refractivity contribution in [3.63, 3.8) is 0 Å². The molecule has 0 atom stereocenters. The molecule has 0 fully saturated rings. The van der Waals surface area contributed by atoms with Crippen molar-refractivity contribution in [3.8, 4) is 16.2 Å². The van der Waals surface area contributed by atoms with Crippen LogP contribution in [-0.4, -0.2) is 21.0 Å². The van der Waals surface area contributed by atoms with Gasteiger partial charge in [-0.25, -0.2) is 9.78 Å². The zero-order valence-corrected chi connectivity index (χ0v) is 16.7. The number of H-pyrrole nitrogens is 1. The number of aryl methyl sites for hydroxylation is 2. The summed E-state index contributed by atoms with van der Waals surface area (Å²) in [7, 11) is 0. The van der Waals surface area contributed by atoms with Crippen LogP contribution < -0.4 is 5.56 Å². The number of phenols is 1. The second-order valence-corrected chi connectivity index (χ2v) is 8.50. The van der Waals surface area contributed by atoms with Crippen LogP contribution in [0.15, 0.2) is 40.5 Å². The fraction of sp³-hybridized carbons (Fsp3) is 0.150. The quantitative estimate of drug-likeness (QED) is 0.485. The highest BCUT2D eigenvalue weighted by Gasteiger charge is 2.16. The van der Waals surface area contributed by atoms with Gasteiger partial charge in [0.2, 0.25) is 0 Å². The molecule has 8 heteroatoms. The number of carbonyl (C=O) groups excluding carboxylic acids is 1. The summed E-state index contributed by atoms with van der Waals surface area (Å²) in [4.78, 5) is 34.7. The molecule has 0 bridgehead atoms. The Bertz CT molecular complexity index is 1250. The van der Waals surface area contributed by atoms with Crippen LogP contribution in [-0.2, 0) is 11.3 Å². The molecule has 0 aliphatic heterocycles. The molecule has 0 saturated carbocycles. The molecule has 2 N–H and O–H groups in total. The molecule has 0 saturated heterocycles. The predicted octanol–water partition coefficient (Wildman–Crippen LogP) is 4.39. The highest BCUT2D eigenvalue weighted by atomic mass is 32.1. The minimum atomic E-state index is -0.679. The van der Waals surface area contributed by atoms with E-state index in [9.17, 15) is 14.7 Å². The first-order valence-corrected chi connectivity index (χ1v) is 10.2. The molecule has 1 aromatic carbocycles. The van der Waals surface area contributed by atoms with E-state index in [1.54, 1.807) is 17.4 Å². The first-order chi connectivity index (χ1) is 13.4. The van der Waals surface area contributed by atoms with Gasteiger partial charge < -0.3 is 14.8 Å². The van der Waals surface area contributed by atoms with Crippen molar-refractivity contribution in [2.24, 2.45) is 0 Å². The molecule has 3 heterocycles. The van der Waals surface area contributed by atoms with Crippen molar-refractivity contribution in [1.82, 2.24) is 9.97 Å². The van der Waals surface area contributed by atoms with Gasteiger partial charge in [-0.2, -0.15) is 0 Å². The van der Waals surface area contributed by atoms with Crippen molar-refractivity contribution in [1.29, 1.82) is 0 Å². The number of esters is 1. The molecule has 142 valence electrons. The van der Waals surface area contributed by atoms with Crippen molar-refractivity contribution in [2.75, 3.05) is 0 Å². The summed E-state index contributed by atoms with van der Waals surface area (Å²) < 4.78 is 5.21. The van der Waals surface area contributed by atoms with Crippen LogP contribution in [0.25, 0.3) is 20.7 Å². The third kappa shape index (κ3) is 3.44. The minimum absolute atomic E-state index is 0.0699.